The summed E-state index contributed by atoms with van der Waals surface area (Å²) in [6.07, 6.45) is 0. The Kier molecular flexibility index (Phi) is 7.08. The van der Waals surface area contributed by atoms with E-state index in [-0.39, 0.29) is 18.4 Å². The van der Waals surface area contributed by atoms with Crippen LogP contribution >= 0.6 is 0 Å². The average molecular weight is 398 g/mol. The molecule has 1 aliphatic heterocycles. The summed E-state index contributed by atoms with van der Waals surface area (Å²) in [6.45, 7) is 4.21. The molecule has 0 bridgehead atoms. The van der Waals surface area contributed by atoms with Gasteiger partial charge >= 0.3 is 0 Å². The number of benzene rings is 2. The summed E-state index contributed by atoms with van der Waals surface area (Å²) in [7, 11) is 1.60. The van der Waals surface area contributed by atoms with Gasteiger partial charge in [0.1, 0.15) is 11.5 Å². The van der Waals surface area contributed by atoms with Gasteiger partial charge in [-0.25, -0.2) is 0 Å². The second kappa shape index (κ2) is 9.93. The third kappa shape index (κ3) is 5.48. The monoisotopic (exact) mass is 398 g/mol. The maximum absolute atomic E-state index is 12.6. The van der Waals surface area contributed by atoms with Crippen LogP contribution in [0.1, 0.15) is 28.4 Å². The predicted octanol–water partition coefficient (Wildman–Crippen LogP) is 2.38. The molecule has 1 aliphatic rings. The highest BCUT2D eigenvalue weighted by Gasteiger charge is 2.22. The van der Waals surface area contributed by atoms with Gasteiger partial charge in [-0.2, -0.15) is 0 Å². The summed E-state index contributed by atoms with van der Waals surface area (Å²) in [6, 6.07) is 12.9. The van der Waals surface area contributed by atoms with Gasteiger partial charge in [-0.1, -0.05) is 12.1 Å². The number of hydrogen-bond acceptors (Lipinski definition) is 5. The molecule has 0 unspecified atom stereocenters. The molecule has 1 N–H and O–H groups in total. The van der Waals surface area contributed by atoms with Gasteiger partial charge in [0, 0.05) is 37.9 Å². The molecule has 0 spiro atoms. The van der Waals surface area contributed by atoms with Crippen LogP contribution in [-0.4, -0.2) is 50.2 Å². The van der Waals surface area contributed by atoms with Crippen molar-refractivity contribution in [1.82, 2.24) is 10.2 Å². The second-order valence-electron chi connectivity index (χ2n) is 6.68. The minimum atomic E-state index is -0.186. The van der Waals surface area contributed by atoms with Crippen LogP contribution in [0.25, 0.3) is 0 Å². The van der Waals surface area contributed by atoms with E-state index >= 15 is 0 Å². The van der Waals surface area contributed by atoms with Gasteiger partial charge in [0.15, 0.2) is 6.61 Å². The highest BCUT2D eigenvalue weighted by Crippen LogP contribution is 2.25. The fourth-order valence-corrected chi connectivity index (χ4v) is 3.11. The first-order valence-corrected chi connectivity index (χ1v) is 9.63. The molecule has 0 radical (unpaired) electrons. The summed E-state index contributed by atoms with van der Waals surface area (Å²) in [5.74, 6) is 1.12. The lowest BCUT2D eigenvalue weighted by Gasteiger charge is -2.19. The minimum Gasteiger partial charge on any atom is -0.494 e. The van der Waals surface area contributed by atoms with E-state index in [4.69, 9.17) is 14.2 Å². The Morgan fingerprint density at radius 2 is 2.10 bits per heavy atom. The summed E-state index contributed by atoms with van der Waals surface area (Å²) in [4.78, 5) is 26.5. The molecule has 0 aliphatic carbocycles. The summed E-state index contributed by atoms with van der Waals surface area (Å²) in [5.41, 5.74) is 2.28. The maximum Gasteiger partial charge on any atom is 0.260 e. The lowest BCUT2D eigenvalue weighted by atomic mass is 10.1. The quantitative estimate of drug-likeness (QED) is 0.739. The van der Waals surface area contributed by atoms with Crippen molar-refractivity contribution in [2.75, 3.05) is 33.5 Å². The van der Waals surface area contributed by atoms with E-state index in [1.165, 1.54) is 0 Å². The zero-order valence-corrected chi connectivity index (χ0v) is 16.8. The number of carbonyl (C=O) groups excluding carboxylic acids is 2. The molecule has 2 amide bonds. The average Bonchev–Trinajstić information content (AvgIpc) is 2.89. The Bertz CT molecular complexity index is 868. The van der Waals surface area contributed by atoms with Gasteiger partial charge in [-0.3, -0.25) is 9.59 Å². The zero-order chi connectivity index (χ0) is 20.6. The highest BCUT2D eigenvalue weighted by molar-refractivity contribution is 5.94. The number of nitrogens with one attached hydrogen (secondary N) is 1. The van der Waals surface area contributed by atoms with E-state index in [9.17, 15) is 9.59 Å². The largest absolute Gasteiger partial charge is 0.494 e. The Hall–Kier alpha value is -3.06. The normalized spacial score (nSPS) is 13.3. The molecule has 0 saturated carbocycles. The molecule has 29 heavy (non-hydrogen) atoms. The summed E-state index contributed by atoms with van der Waals surface area (Å²) < 4.78 is 16.2. The molecule has 0 aromatic heterocycles. The first-order valence-electron chi connectivity index (χ1n) is 9.63. The molecule has 2 aromatic rings. The number of ether oxygens (including phenoxy) is 3. The van der Waals surface area contributed by atoms with E-state index < -0.39 is 0 Å². The van der Waals surface area contributed by atoms with Crippen molar-refractivity contribution < 1.29 is 23.8 Å². The zero-order valence-electron chi connectivity index (χ0n) is 16.8. The molecule has 0 saturated heterocycles. The standard InChI is InChI=1S/C22H26N2O5/c1-3-28-19-6-4-5-16(11-19)13-23-22(26)17-7-8-20-18(12-17)14-24(9-10-27-2)21(25)15-29-20/h4-8,11-12H,3,9-10,13-15H2,1-2H3,(H,23,26). The van der Waals surface area contributed by atoms with Crippen molar-refractivity contribution in [3.8, 4) is 11.5 Å². The highest BCUT2D eigenvalue weighted by atomic mass is 16.5. The summed E-state index contributed by atoms with van der Waals surface area (Å²) in [5, 5.41) is 2.93. The number of carbonyl (C=O) groups is 2. The number of nitrogens with zero attached hydrogens (tertiary/aromatic N) is 1. The van der Waals surface area contributed by atoms with E-state index in [0.717, 1.165) is 16.9 Å². The van der Waals surface area contributed by atoms with E-state index in [0.29, 0.717) is 44.2 Å². The molecule has 2 aromatic carbocycles. The Balaban J connectivity index is 1.68. The van der Waals surface area contributed by atoms with Crippen LogP contribution in [0.15, 0.2) is 42.5 Å². The van der Waals surface area contributed by atoms with Crippen LogP contribution in [-0.2, 0) is 22.6 Å². The number of fused-ring (bicyclic) bond motifs is 1. The fourth-order valence-electron chi connectivity index (χ4n) is 3.11. The van der Waals surface area contributed by atoms with Crippen molar-refractivity contribution in [2.45, 2.75) is 20.0 Å². The van der Waals surface area contributed by atoms with Gasteiger partial charge in [0.2, 0.25) is 0 Å². The van der Waals surface area contributed by atoms with Crippen molar-refractivity contribution in [2.24, 2.45) is 0 Å². The minimum absolute atomic E-state index is 0.0154. The Labute approximate surface area is 170 Å². The molecular formula is C22H26N2O5. The Morgan fingerprint density at radius 1 is 1.24 bits per heavy atom. The third-order valence-electron chi connectivity index (χ3n) is 4.62. The number of methoxy groups -OCH3 is 1. The first kappa shape index (κ1) is 20.7. The van der Waals surface area contributed by atoms with Gasteiger partial charge < -0.3 is 24.4 Å². The molecule has 0 fully saturated rings. The lowest BCUT2D eigenvalue weighted by Crippen LogP contribution is -2.34. The smallest absolute Gasteiger partial charge is 0.260 e. The second-order valence-corrected chi connectivity index (χ2v) is 6.68. The molecule has 0 atom stereocenters. The van der Waals surface area contributed by atoms with Crippen LogP contribution in [0.4, 0.5) is 0 Å². The van der Waals surface area contributed by atoms with Crippen LogP contribution in [0.3, 0.4) is 0 Å². The third-order valence-corrected chi connectivity index (χ3v) is 4.62. The SMILES string of the molecule is CCOc1cccc(CNC(=O)c2ccc3c(c2)CN(CCOC)C(=O)CO3)c1. The van der Waals surface area contributed by atoms with Gasteiger partial charge in [-0.05, 0) is 42.8 Å². The maximum atomic E-state index is 12.6. The molecular weight excluding hydrogens is 372 g/mol. The molecule has 154 valence electrons. The van der Waals surface area contributed by atoms with Crippen LogP contribution in [0, 0.1) is 0 Å². The number of amides is 2. The molecule has 3 rings (SSSR count). The topological polar surface area (TPSA) is 77.1 Å². The van der Waals surface area contributed by atoms with Gasteiger partial charge in [0.05, 0.1) is 13.2 Å². The van der Waals surface area contributed by atoms with Crippen molar-refractivity contribution in [3.63, 3.8) is 0 Å². The fraction of sp³-hybridized carbons (Fsp3) is 0.364. The molecule has 7 heteroatoms. The van der Waals surface area contributed by atoms with Crippen LogP contribution in [0.5, 0.6) is 11.5 Å². The van der Waals surface area contributed by atoms with Crippen molar-refractivity contribution in [3.05, 3.63) is 59.2 Å². The molecule has 1 heterocycles. The van der Waals surface area contributed by atoms with Crippen LogP contribution < -0.4 is 14.8 Å². The summed E-state index contributed by atoms with van der Waals surface area (Å²) >= 11 is 0. The first-order chi connectivity index (χ1) is 14.1. The van der Waals surface area contributed by atoms with E-state index in [1.54, 1.807) is 30.2 Å². The van der Waals surface area contributed by atoms with Crippen molar-refractivity contribution >= 4 is 11.8 Å². The lowest BCUT2D eigenvalue weighted by molar-refractivity contribution is -0.133. The van der Waals surface area contributed by atoms with E-state index in [2.05, 4.69) is 5.32 Å². The number of rotatable bonds is 8. The van der Waals surface area contributed by atoms with Gasteiger partial charge in [-0.15, -0.1) is 0 Å². The van der Waals surface area contributed by atoms with E-state index in [1.807, 2.05) is 31.2 Å². The van der Waals surface area contributed by atoms with Gasteiger partial charge in [0.25, 0.3) is 11.8 Å². The predicted molar refractivity (Wildman–Crippen MR) is 108 cm³/mol. The molecule has 7 nitrogen and oxygen atoms in total. The number of hydrogen-bond donors (Lipinski definition) is 1. The van der Waals surface area contributed by atoms with Crippen molar-refractivity contribution in [1.29, 1.82) is 0 Å². The Morgan fingerprint density at radius 3 is 2.90 bits per heavy atom. The van der Waals surface area contributed by atoms with Crippen LogP contribution in [0.2, 0.25) is 0 Å².